The number of rotatable bonds is 5. The van der Waals surface area contributed by atoms with Crippen molar-refractivity contribution in [1.29, 1.82) is 0 Å². The molecule has 164 valence electrons. The molecule has 0 aliphatic carbocycles. The first kappa shape index (κ1) is 20.6. The third-order valence-electron chi connectivity index (χ3n) is 6.03. The standard InChI is InChI=1S/C25H24ClN3O3/c1-31-23-10-4-9-21-19(23)13-22(28-21)25(30)29-11-5-7-17(15-29)24-27-14-18(32-24)12-16-6-2-3-8-20(16)26/h2-4,6,8-10,13-14,17,28H,5,7,11-12,15H2,1H3/t17-/m1/s1. The van der Waals surface area contributed by atoms with Gasteiger partial charge in [0.25, 0.3) is 5.91 Å². The van der Waals surface area contributed by atoms with Crippen molar-refractivity contribution < 1.29 is 13.9 Å². The molecule has 0 bridgehead atoms. The molecule has 1 saturated heterocycles. The number of oxazole rings is 1. The van der Waals surface area contributed by atoms with Gasteiger partial charge in [0.1, 0.15) is 17.2 Å². The quantitative estimate of drug-likeness (QED) is 0.441. The third kappa shape index (κ3) is 3.98. The number of aromatic nitrogens is 2. The third-order valence-corrected chi connectivity index (χ3v) is 6.39. The van der Waals surface area contributed by atoms with E-state index in [4.69, 9.17) is 20.8 Å². The van der Waals surface area contributed by atoms with E-state index in [2.05, 4.69) is 9.97 Å². The van der Waals surface area contributed by atoms with Crippen LogP contribution in [0.25, 0.3) is 10.9 Å². The summed E-state index contributed by atoms with van der Waals surface area (Å²) in [6.45, 7) is 1.30. The molecule has 3 heterocycles. The molecular formula is C25H24ClN3O3. The number of hydrogen-bond donors (Lipinski definition) is 1. The Bertz CT molecular complexity index is 1260. The minimum atomic E-state index is -0.0178. The molecule has 0 unspecified atom stereocenters. The lowest BCUT2D eigenvalue weighted by Crippen LogP contribution is -2.39. The van der Waals surface area contributed by atoms with Crippen LogP contribution in [0.2, 0.25) is 5.02 Å². The fourth-order valence-corrected chi connectivity index (χ4v) is 4.58. The normalized spacial score (nSPS) is 16.4. The first-order valence-corrected chi connectivity index (χ1v) is 11.1. The zero-order valence-electron chi connectivity index (χ0n) is 17.8. The van der Waals surface area contributed by atoms with Crippen molar-refractivity contribution in [2.24, 2.45) is 0 Å². The van der Waals surface area contributed by atoms with Crippen LogP contribution in [0.5, 0.6) is 5.75 Å². The Kier molecular flexibility index (Phi) is 5.62. The van der Waals surface area contributed by atoms with Gasteiger partial charge in [-0.05, 0) is 42.7 Å². The first-order chi connectivity index (χ1) is 15.6. The number of nitrogens with one attached hydrogen (secondary N) is 1. The van der Waals surface area contributed by atoms with Gasteiger partial charge < -0.3 is 19.0 Å². The van der Waals surface area contributed by atoms with Crippen molar-refractivity contribution in [2.75, 3.05) is 20.2 Å². The van der Waals surface area contributed by atoms with Crippen LogP contribution >= 0.6 is 11.6 Å². The first-order valence-electron chi connectivity index (χ1n) is 10.8. The van der Waals surface area contributed by atoms with E-state index >= 15 is 0 Å². The highest BCUT2D eigenvalue weighted by molar-refractivity contribution is 6.31. The molecule has 0 spiro atoms. The number of hydrogen-bond acceptors (Lipinski definition) is 4. The van der Waals surface area contributed by atoms with Gasteiger partial charge in [-0.3, -0.25) is 4.79 Å². The zero-order chi connectivity index (χ0) is 22.1. The molecule has 6 nitrogen and oxygen atoms in total. The molecule has 1 amide bonds. The average Bonchev–Trinajstić information content (AvgIpc) is 3.47. The molecule has 0 saturated carbocycles. The molecule has 1 fully saturated rings. The lowest BCUT2D eigenvalue weighted by molar-refractivity contribution is 0.0693. The topological polar surface area (TPSA) is 71.4 Å². The summed E-state index contributed by atoms with van der Waals surface area (Å²) in [5.41, 5.74) is 2.46. The fraction of sp³-hybridized carbons (Fsp3) is 0.280. The summed E-state index contributed by atoms with van der Waals surface area (Å²) in [6, 6.07) is 15.3. The number of ether oxygens (including phenoxy) is 1. The van der Waals surface area contributed by atoms with Crippen LogP contribution in [-0.2, 0) is 6.42 Å². The van der Waals surface area contributed by atoms with Crippen molar-refractivity contribution in [2.45, 2.75) is 25.2 Å². The number of piperidine rings is 1. The predicted molar refractivity (Wildman–Crippen MR) is 123 cm³/mol. The molecule has 7 heteroatoms. The van der Waals surface area contributed by atoms with Crippen molar-refractivity contribution in [3.63, 3.8) is 0 Å². The van der Waals surface area contributed by atoms with E-state index in [1.165, 1.54) is 0 Å². The van der Waals surface area contributed by atoms with Crippen molar-refractivity contribution in [3.8, 4) is 5.75 Å². The second-order valence-corrected chi connectivity index (χ2v) is 8.54. The monoisotopic (exact) mass is 449 g/mol. The van der Waals surface area contributed by atoms with Gasteiger partial charge in [-0.2, -0.15) is 0 Å². The maximum Gasteiger partial charge on any atom is 0.270 e. The lowest BCUT2D eigenvalue weighted by atomic mass is 9.97. The smallest absolute Gasteiger partial charge is 0.270 e. The number of nitrogens with zero attached hydrogens (tertiary/aromatic N) is 2. The number of fused-ring (bicyclic) bond motifs is 1. The highest BCUT2D eigenvalue weighted by Gasteiger charge is 2.29. The number of aromatic amines is 1. The molecular weight excluding hydrogens is 426 g/mol. The molecule has 1 atom stereocenters. The van der Waals surface area contributed by atoms with Gasteiger partial charge in [0.2, 0.25) is 0 Å². The van der Waals surface area contributed by atoms with Gasteiger partial charge in [-0.25, -0.2) is 4.98 Å². The van der Waals surface area contributed by atoms with E-state index < -0.39 is 0 Å². The van der Waals surface area contributed by atoms with E-state index in [1.54, 1.807) is 13.3 Å². The summed E-state index contributed by atoms with van der Waals surface area (Å²) in [5.74, 6) is 2.27. The number of halogens is 1. The van der Waals surface area contributed by atoms with E-state index in [1.807, 2.05) is 53.4 Å². The second kappa shape index (κ2) is 8.71. The molecule has 1 aliphatic heterocycles. The van der Waals surface area contributed by atoms with Gasteiger partial charge >= 0.3 is 0 Å². The highest BCUT2D eigenvalue weighted by atomic mass is 35.5. The molecule has 2 aromatic carbocycles. The van der Waals surface area contributed by atoms with E-state index in [0.29, 0.717) is 24.6 Å². The summed E-state index contributed by atoms with van der Waals surface area (Å²) < 4.78 is 11.5. The van der Waals surface area contributed by atoms with Crippen molar-refractivity contribution in [3.05, 3.63) is 82.7 Å². The Labute approximate surface area is 191 Å². The van der Waals surface area contributed by atoms with Crippen LogP contribution in [0.4, 0.5) is 0 Å². The molecule has 5 rings (SSSR count). The number of methoxy groups -OCH3 is 1. The van der Waals surface area contributed by atoms with Crippen LogP contribution in [-0.4, -0.2) is 41.0 Å². The van der Waals surface area contributed by atoms with Gasteiger partial charge in [-0.15, -0.1) is 0 Å². The second-order valence-electron chi connectivity index (χ2n) is 8.13. The number of carbonyl (C=O) groups excluding carboxylic acids is 1. The maximum atomic E-state index is 13.2. The van der Waals surface area contributed by atoms with Crippen LogP contribution in [0.1, 0.15) is 46.5 Å². The SMILES string of the molecule is COc1cccc2[nH]c(C(=O)N3CCC[C@@H](c4ncc(Cc5ccccc5Cl)o4)C3)cc12. The van der Waals surface area contributed by atoms with Crippen LogP contribution in [0, 0.1) is 0 Å². The van der Waals surface area contributed by atoms with Crippen molar-refractivity contribution >= 4 is 28.4 Å². The Balaban J connectivity index is 1.31. The minimum absolute atomic E-state index is 0.0178. The summed E-state index contributed by atoms with van der Waals surface area (Å²) in [6.07, 6.45) is 4.21. The molecule has 2 aromatic heterocycles. The molecule has 1 aliphatic rings. The summed E-state index contributed by atoms with van der Waals surface area (Å²) in [4.78, 5) is 22.8. The van der Waals surface area contributed by atoms with Crippen molar-refractivity contribution in [1.82, 2.24) is 14.9 Å². The van der Waals surface area contributed by atoms with Crippen LogP contribution < -0.4 is 4.74 Å². The Morgan fingerprint density at radius 1 is 1.28 bits per heavy atom. The number of benzene rings is 2. The van der Waals surface area contributed by atoms with Crippen LogP contribution in [0.15, 0.2) is 59.1 Å². The average molecular weight is 450 g/mol. The Morgan fingerprint density at radius 3 is 3.00 bits per heavy atom. The number of likely N-dealkylation sites (tertiary alicyclic amines) is 1. The maximum absolute atomic E-state index is 13.2. The Hall–Kier alpha value is -3.25. The van der Waals surface area contributed by atoms with Gasteiger partial charge in [0.05, 0.1) is 19.2 Å². The summed E-state index contributed by atoms with van der Waals surface area (Å²) in [7, 11) is 1.63. The van der Waals surface area contributed by atoms with Crippen LogP contribution in [0.3, 0.4) is 0 Å². The van der Waals surface area contributed by atoms with E-state index in [9.17, 15) is 4.79 Å². The highest BCUT2D eigenvalue weighted by Crippen LogP contribution is 2.30. The molecule has 0 radical (unpaired) electrons. The summed E-state index contributed by atoms with van der Waals surface area (Å²) >= 11 is 6.27. The largest absolute Gasteiger partial charge is 0.496 e. The van der Waals surface area contributed by atoms with E-state index in [-0.39, 0.29) is 11.8 Å². The Morgan fingerprint density at radius 2 is 2.16 bits per heavy atom. The number of H-pyrrole nitrogens is 1. The summed E-state index contributed by atoms with van der Waals surface area (Å²) in [5, 5.41) is 1.62. The molecule has 1 N–H and O–H groups in total. The van der Waals surface area contributed by atoms with Gasteiger partial charge in [-0.1, -0.05) is 35.9 Å². The predicted octanol–water partition coefficient (Wildman–Crippen LogP) is 5.43. The number of carbonyl (C=O) groups is 1. The van der Waals surface area contributed by atoms with E-state index in [0.717, 1.165) is 52.4 Å². The molecule has 32 heavy (non-hydrogen) atoms. The van der Waals surface area contributed by atoms with Gasteiger partial charge in [0.15, 0.2) is 5.89 Å². The lowest BCUT2D eigenvalue weighted by Gasteiger charge is -2.31. The van der Waals surface area contributed by atoms with Gasteiger partial charge in [0, 0.05) is 35.4 Å². The molecule has 4 aromatic rings. The fourth-order valence-electron chi connectivity index (χ4n) is 4.38. The number of amides is 1. The zero-order valence-corrected chi connectivity index (χ0v) is 18.6. The minimum Gasteiger partial charge on any atom is -0.496 e.